The smallest absolute Gasteiger partial charge is 0.338 e. The molecule has 1 N–H and O–H groups in total. The van der Waals surface area contributed by atoms with Crippen molar-refractivity contribution < 1.29 is 32.0 Å². The van der Waals surface area contributed by atoms with Crippen LogP contribution >= 0.6 is 0 Å². The van der Waals surface area contributed by atoms with E-state index < -0.39 is 27.0 Å². The molecule has 7 rings (SSSR count). The number of hydrogen-bond donors (Lipinski definition) is 1. The molecule has 7 nitrogen and oxygen atoms in total. The van der Waals surface area contributed by atoms with E-state index >= 15 is 0 Å². The number of fused-ring (bicyclic) bond motifs is 2. The van der Waals surface area contributed by atoms with Gasteiger partial charge in [-0.1, -0.05) is 32.1 Å². The average molecular weight is 573 g/mol. The Labute approximate surface area is 238 Å². The zero-order valence-electron chi connectivity index (χ0n) is 23.5. The van der Waals surface area contributed by atoms with Crippen molar-refractivity contribution in [1.82, 2.24) is 0 Å². The van der Waals surface area contributed by atoms with Gasteiger partial charge in [0.05, 0.1) is 29.2 Å². The molecule has 1 aromatic rings. The van der Waals surface area contributed by atoms with Crippen LogP contribution in [0.4, 0.5) is 0 Å². The van der Waals surface area contributed by atoms with Gasteiger partial charge in [-0.15, -0.1) is 0 Å². The highest BCUT2D eigenvalue weighted by Gasteiger charge is 2.51. The molecule has 6 aliphatic rings. The Morgan fingerprint density at radius 3 is 2.10 bits per heavy atom. The monoisotopic (exact) mass is 572 g/mol. The summed E-state index contributed by atoms with van der Waals surface area (Å²) in [6, 6.07) is 3.46. The van der Waals surface area contributed by atoms with Gasteiger partial charge >= 0.3 is 11.9 Å². The van der Waals surface area contributed by atoms with E-state index in [0.717, 1.165) is 86.2 Å². The normalized spacial score (nSPS) is 34.4. The summed E-state index contributed by atoms with van der Waals surface area (Å²) in [7, 11) is -4.63. The molecule has 220 valence electrons. The Balaban J connectivity index is 1.04. The quantitative estimate of drug-likeness (QED) is 0.186. The maximum Gasteiger partial charge on any atom is 0.338 e. The molecule has 0 amide bonds. The van der Waals surface area contributed by atoms with E-state index in [1.54, 1.807) is 0 Å². The number of hydrogen-bond acceptors (Lipinski definition) is 6. The van der Waals surface area contributed by atoms with Crippen LogP contribution in [0.1, 0.15) is 117 Å². The standard InChI is InChI=1S/C32H44O7S/c33-30(38-9-2-1-5-25-8-7-21-4-3-6-26(25)13-21)27-14-28(16-29(15-27)40(35,36)37)31(34)39-20-32-17-22-10-23(18-32)12-24(11-22)19-32/h14-16,21-26H,1-13,17-20H2,(H,35,36,37). The van der Waals surface area contributed by atoms with Crippen molar-refractivity contribution in [2.75, 3.05) is 13.2 Å². The minimum absolute atomic E-state index is 0.0170. The first-order valence-electron chi connectivity index (χ1n) is 15.6. The second-order valence-corrected chi connectivity index (χ2v) is 15.4. The van der Waals surface area contributed by atoms with E-state index in [1.165, 1.54) is 63.9 Å². The van der Waals surface area contributed by atoms with Crippen LogP contribution in [0.25, 0.3) is 0 Å². The summed E-state index contributed by atoms with van der Waals surface area (Å²) in [5.74, 6) is 3.37. The van der Waals surface area contributed by atoms with Crippen LogP contribution in [0.15, 0.2) is 23.1 Å². The fraction of sp³-hybridized carbons (Fsp3) is 0.750. The lowest BCUT2D eigenvalue weighted by atomic mass is 9.50. The molecule has 8 heteroatoms. The summed E-state index contributed by atoms with van der Waals surface area (Å²) in [5, 5.41) is 0. The Bertz CT molecular complexity index is 1190. The van der Waals surface area contributed by atoms with Gasteiger partial charge in [-0.05, 0) is 118 Å². The topological polar surface area (TPSA) is 107 Å². The number of carbonyl (C=O) groups is 2. The van der Waals surface area contributed by atoms with Gasteiger partial charge in [-0.3, -0.25) is 4.55 Å². The molecular weight excluding hydrogens is 528 g/mol. The third-order valence-corrected chi connectivity index (χ3v) is 11.8. The summed E-state index contributed by atoms with van der Waals surface area (Å²) < 4.78 is 44.8. The minimum atomic E-state index is -4.63. The van der Waals surface area contributed by atoms with Crippen molar-refractivity contribution in [3.8, 4) is 0 Å². The number of unbranched alkanes of at least 4 members (excludes halogenated alkanes) is 1. The second-order valence-electron chi connectivity index (χ2n) is 14.0. The summed E-state index contributed by atoms with van der Waals surface area (Å²) in [6.07, 6.45) is 18.2. The Kier molecular flexibility index (Phi) is 8.03. The van der Waals surface area contributed by atoms with Crippen LogP contribution in [-0.4, -0.2) is 38.1 Å². The van der Waals surface area contributed by atoms with E-state index in [9.17, 15) is 22.6 Å². The summed E-state index contributed by atoms with van der Waals surface area (Å²) in [6.45, 7) is 0.550. The SMILES string of the molecule is O=C(OCCCCC1CCC2CCCC1C2)c1cc(C(=O)OCC23CC4CC(CC(C4)C2)C3)cc(S(=O)(=O)O)c1. The maximum atomic E-state index is 13.1. The van der Waals surface area contributed by atoms with Crippen molar-refractivity contribution in [1.29, 1.82) is 0 Å². The first-order valence-corrected chi connectivity index (χ1v) is 17.1. The van der Waals surface area contributed by atoms with Crippen LogP contribution in [0.3, 0.4) is 0 Å². The minimum Gasteiger partial charge on any atom is -0.462 e. The van der Waals surface area contributed by atoms with E-state index in [2.05, 4.69) is 0 Å². The highest BCUT2D eigenvalue weighted by Crippen LogP contribution is 2.60. The lowest BCUT2D eigenvalue weighted by Gasteiger charge is -2.56. The number of carbonyl (C=O) groups excluding carboxylic acids is 2. The molecule has 0 spiro atoms. The Morgan fingerprint density at radius 2 is 1.45 bits per heavy atom. The molecule has 0 aliphatic heterocycles. The molecule has 0 saturated heterocycles. The molecule has 3 unspecified atom stereocenters. The molecule has 0 aromatic heterocycles. The molecule has 3 atom stereocenters. The largest absolute Gasteiger partial charge is 0.462 e. The van der Waals surface area contributed by atoms with Gasteiger partial charge in [0.25, 0.3) is 10.1 Å². The molecule has 40 heavy (non-hydrogen) atoms. The van der Waals surface area contributed by atoms with Gasteiger partial charge in [0, 0.05) is 5.41 Å². The molecule has 6 aliphatic carbocycles. The molecule has 0 heterocycles. The number of benzene rings is 1. The lowest BCUT2D eigenvalue weighted by molar-refractivity contribution is -0.0848. The van der Waals surface area contributed by atoms with Crippen molar-refractivity contribution >= 4 is 22.1 Å². The van der Waals surface area contributed by atoms with Crippen molar-refractivity contribution in [3.05, 3.63) is 29.3 Å². The zero-order valence-corrected chi connectivity index (χ0v) is 24.3. The van der Waals surface area contributed by atoms with Gasteiger partial charge in [0.15, 0.2) is 0 Å². The predicted molar refractivity (Wildman–Crippen MR) is 149 cm³/mol. The molecule has 6 bridgehead atoms. The van der Waals surface area contributed by atoms with Crippen LogP contribution < -0.4 is 0 Å². The third-order valence-electron chi connectivity index (χ3n) is 11.0. The summed E-state index contributed by atoms with van der Waals surface area (Å²) in [5.41, 5.74) is -0.115. The first kappa shape index (κ1) is 28.2. The molecule has 6 fully saturated rings. The number of esters is 2. The van der Waals surface area contributed by atoms with Crippen LogP contribution in [0.5, 0.6) is 0 Å². The number of ether oxygens (including phenoxy) is 2. The van der Waals surface area contributed by atoms with E-state index in [1.807, 2.05) is 0 Å². The Hall–Kier alpha value is -1.93. The van der Waals surface area contributed by atoms with Gasteiger partial charge < -0.3 is 9.47 Å². The fourth-order valence-electron chi connectivity index (χ4n) is 9.60. The van der Waals surface area contributed by atoms with Gasteiger partial charge in [-0.2, -0.15) is 8.42 Å². The van der Waals surface area contributed by atoms with Crippen LogP contribution in [0, 0.1) is 40.9 Å². The Morgan fingerprint density at radius 1 is 0.800 bits per heavy atom. The zero-order chi connectivity index (χ0) is 27.9. The number of rotatable bonds is 10. The second kappa shape index (κ2) is 11.4. The molecule has 1 aromatic carbocycles. The van der Waals surface area contributed by atoms with E-state index in [0.29, 0.717) is 6.61 Å². The average Bonchev–Trinajstić information content (AvgIpc) is 2.91. The van der Waals surface area contributed by atoms with Gasteiger partial charge in [0.1, 0.15) is 0 Å². The first-order chi connectivity index (χ1) is 19.2. The van der Waals surface area contributed by atoms with Crippen LogP contribution in [-0.2, 0) is 19.6 Å². The molecular formula is C32H44O7S. The fourth-order valence-corrected chi connectivity index (χ4v) is 10.1. The maximum absolute atomic E-state index is 13.1. The van der Waals surface area contributed by atoms with Crippen molar-refractivity contribution in [3.63, 3.8) is 0 Å². The molecule has 6 saturated carbocycles. The van der Waals surface area contributed by atoms with Crippen molar-refractivity contribution in [2.24, 2.45) is 40.9 Å². The molecule has 0 radical (unpaired) electrons. The highest BCUT2D eigenvalue weighted by atomic mass is 32.2. The predicted octanol–water partition coefficient (Wildman–Crippen LogP) is 6.85. The van der Waals surface area contributed by atoms with Gasteiger partial charge in [0.2, 0.25) is 0 Å². The van der Waals surface area contributed by atoms with Gasteiger partial charge in [-0.25, -0.2) is 9.59 Å². The third kappa shape index (κ3) is 6.28. The van der Waals surface area contributed by atoms with Crippen LogP contribution in [0.2, 0.25) is 0 Å². The summed E-state index contributed by atoms with van der Waals surface area (Å²) in [4.78, 5) is 25.4. The van der Waals surface area contributed by atoms with Crippen molar-refractivity contribution in [2.45, 2.75) is 101 Å². The summed E-state index contributed by atoms with van der Waals surface area (Å²) >= 11 is 0. The highest BCUT2D eigenvalue weighted by molar-refractivity contribution is 7.85. The van der Waals surface area contributed by atoms with E-state index in [4.69, 9.17) is 9.47 Å². The van der Waals surface area contributed by atoms with E-state index in [-0.39, 0.29) is 23.1 Å². The lowest BCUT2D eigenvalue weighted by Crippen LogP contribution is -2.48.